The number of hydrogen-bond donors (Lipinski definition) is 2. The van der Waals surface area contributed by atoms with Crippen molar-refractivity contribution >= 4 is 16.6 Å². The molecule has 0 atom stereocenters. The Labute approximate surface area is 143 Å². The number of nitrogens with one attached hydrogen (secondary N) is 2. The van der Waals surface area contributed by atoms with Gasteiger partial charge in [-0.2, -0.15) is 10.2 Å². The Morgan fingerprint density at radius 3 is 2.76 bits per heavy atom. The van der Waals surface area contributed by atoms with Crippen LogP contribution in [0.15, 0.2) is 48.9 Å². The van der Waals surface area contributed by atoms with Gasteiger partial charge in [-0.05, 0) is 24.3 Å². The summed E-state index contributed by atoms with van der Waals surface area (Å²) in [5.41, 5.74) is 3.30. The average molecular weight is 337 g/mol. The quantitative estimate of drug-likeness (QED) is 0.592. The second-order valence-corrected chi connectivity index (χ2v) is 5.66. The molecule has 0 amide bonds. The molecule has 2 heterocycles. The third-order valence-corrected chi connectivity index (χ3v) is 4.10. The van der Waals surface area contributed by atoms with E-state index in [0.717, 1.165) is 22.0 Å². The van der Waals surface area contributed by atoms with E-state index in [4.69, 9.17) is 4.74 Å². The number of hydrogen-bond acceptors (Lipinski definition) is 4. The highest BCUT2D eigenvalue weighted by molar-refractivity contribution is 5.88. The van der Waals surface area contributed by atoms with Crippen molar-refractivity contribution in [2.24, 2.45) is 7.05 Å². The summed E-state index contributed by atoms with van der Waals surface area (Å²) >= 11 is 0. The van der Waals surface area contributed by atoms with E-state index in [1.807, 2.05) is 19.2 Å². The molecule has 0 fully saturated rings. The summed E-state index contributed by atoms with van der Waals surface area (Å²) in [4.78, 5) is 0. The fraction of sp³-hybridized carbons (Fsp3) is 0.111. The fourth-order valence-corrected chi connectivity index (χ4v) is 2.74. The molecule has 0 aliphatic rings. The Bertz CT molecular complexity index is 1040. The van der Waals surface area contributed by atoms with Crippen LogP contribution in [0.25, 0.3) is 22.0 Å². The second-order valence-electron chi connectivity index (χ2n) is 5.66. The minimum atomic E-state index is -0.434. The number of H-pyrrole nitrogens is 1. The maximum absolute atomic E-state index is 14.3. The molecular formula is C18H16FN5O. The Morgan fingerprint density at radius 2 is 2.04 bits per heavy atom. The first-order valence-electron chi connectivity index (χ1n) is 7.76. The number of halogens is 1. The van der Waals surface area contributed by atoms with Gasteiger partial charge < -0.3 is 10.1 Å². The van der Waals surface area contributed by atoms with Crippen molar-refractivity contribution in [3.05, 3.63) is 54.7 Å². The summed E-state index contributed by atoms with van der Waals surface area (Å²) in [6, 6.07) is 8.58. The lowest BCUT2D eigenvalue weighted by Crippen LogP contribution is -1.95. The molecule has 25 heavy (non-hydrogen) atoms. The van der Waals surface area contributed by atoms with Crippen molar-refractivity contribution in [2.75, 3.05) is 12.4 Å². The lowest BCUT2D eigenvalue weighted by molar-refractivity contribution is 0.444. The lowest BCUT2D eigenvalue weighted by Gasteiger charge is -2.12. The second kappa shape index (κ2) is 5.94. The number of aromatic nitrogens is 4. The third kappa shape index (κ3) is 2.69. The molecule has 126 valence electrons. The van der Waals surface area contributed by atoms with Gasteiger partial charge in [0.1, 0.15) is 5.75 Å². The number of nitrogens with zero attached hydrogens (tertiary/aromatic N) is 3. The Hall–Kier alpha value is -3.35. The largest absolute Gasteiger partial charge is 0.454 e. The highest BCUT2D eigenvalue weighted by atomic mass is 19.1. The predicted molar refractivity (Wildman–Crippen MR) is 94.3 cm³/mol. The van der Waals surface area contributed by atoms with Crippen LogP contribution in [0.2, 0.25) is 0 Å². The SMILES string of the molecule is CNc1ccc(Oc2cc3cnn(C)c3cc2-c2cn[nH]c2)c(F)c1. The molecule has 7 heteroatoms. The Morgan fingerprint density at radius 1 is 1.16 bits per heavy atom. The van der Waals surface area contributed by atoms with E-state index in [2.05, 4.69) is 20.6 Å². The molecule has 0 saturated heterocycles. The van der Waals surface area contributed by atoms with E-state index < -0.39 is 5.82 Å². The predicted octanol–water partition coefficient (Wildman–Crippen LogP) is 3.94. The highest BCUT2D eigenvalue weighted by Gasteiger charge is 2.15. The Kier molecular flexibility index (Phi) is 3.61. The minimum absolute atomic E-state index is 0.159. The summed E-state index contributed by atoms with van der Waals surface area (Å²) in [5, 5.41) is 14.9. The van der Waals surface area contributed by atoms with E-state index in [0.29, 0.717) is 11.4 Å². The standard InChI is InChI=1S/C18H16FN5O/c1-20-13-3-4-17(15(19)6-13)25-18-5-11-10-23-24(2)16(11)7-14(18)12-8-21-22-9-12/h3-10,20H,1-2H3,(H,21,22). The van der Waals surface area contributed by atoms with Crippen molar-refractivity contribution in [2.45, 2.75) is 0 Å². The molecule has 2 aromatic carbocycles. The van der Waals surface area contributed by atoms with Crippen LogP contribution in [0.4, 0.5) is 10.1 Å². The van der Waals surface area contributed by atoms with E-state index in [1.165, 1.54) is 6.07 Å². The van der Waals surface area contributed by atoms with Crippen LogP contribution in [0.1, 0.15) is 0 Å². The van der Waals surface area contributed by atoms with Gasteiger partial charge in [-0.25, -0.2) is 4.39 Å². The van der Waals surface area contributed by atoms with Crippen molar-refractivity contribution in [3.8, 4) is 22.6 Å². The molecule has 0 spiro atoms. The molecule has 0 bridgehead atoms. The van der Waals surface area contributed by atoms with Crippen molar-refractivity contribution < 1.29 is 9.13 Å². The molecule has 4 rings (SSSR count). The van der Waals surface area contributed by atoms with Gasteiger partial charge in [0, 0.05) is 48.6 Å². The molecule has 0 aliphatic heterocycles. The molecule has 0 unspecified atom stereocenters. The van der Waals surface area contributed by atoms with Gasteiger partial charge in [0.05, 0.1) is 17.9 Å². The van der Waals surface area contributed by atoms with Crippen LogP contribution >= 0.6 is 0 Å². The molecule has 0 saturated carbocycles. The number of anilines is 1. The molecule has 4 aromatic rings. The van der Waals surface area contributed by atoms with E-state index >= 15 is 0 Å². The monoisotopic (exact) mass is 337 g/mol. The molecular weight excluding hydrogens is 321 g/mol. The van der Waals surface area contributed by atoms with Crippen molar-refractivity contribution in [1.82, 2.24) is 20.0 Å². The highest BCUT2D eigenvalue weighted by Crippen LogP contribution is 2.37. The smallest absolute Gasteiger partial charge is 0.167 e. The average Bonchev–Trinajstić information content (AvgIpc) is 3.26. The Balaban J connectivity index is 1.84. The van der Waals surface area contributed by atoms with Crippen molar-refractivity contribution in [3.63, 3.8) is 0 Å². The molecule has 2 aromatic heterocycles. The zero-order valence-corrected chi connectivity index (χ0v) is 13.7. The fourth-order valence-electron chi connectivity index (χ4n) is 2.74. The zero-order chi connectivity index (χ0) is 17.4. The van der Waals surface area contributed by atoms with E-state index in [-0.39, 0.29) is 5.75 Å². The maximum atomic E-state index is 14.3. The summed E-state index contributed by atoms with van der Waals surface area (Å²) in [6.45, 7) is 0. The van der Waals surface area contributed by atoms with Gasteiger partial charge in [0.25, 0.3) is 0 Å². The van der Waals surface area contributed by atoms with Crippen LogP contribution in [0.3, 0.4) is 0 Å². The number of fused-ring (bicyclic) bond motifs is 1. The summed E-state index contributed by atoms with van der Waals surface area (Å²) in [6.07, 6.45) is 5.22. The van der Waals surface area contributed by atoms with Gasteiger partial charge in [-0.1, -0.05) is 0 Å². The number of aryl methyl sites for hydroxylation is 1. The number of benzene rings is 2. The normalized spacial score (nSPS) is 11.0. The summed E-state index contributed by atoms with van der Waals surface area (Å²) in [7, 11) is 3.61. The number of aromatic amines is 1. The van der Waals surface area contributed by atoms with E-state index in [9.17, 15) is 4.39 Å². The van der Waals surface area contributed by atoms with Crippen LogP contribution < -0.4 is 10.1 Å². The van der Waals surface area contributed by atoms with Gasteiger partial charge in [0.2, 0.25) is 0 Å². The van der Waals surface area contributed by atoms with Crippen LogP contribution in [0.5, 0.6) is 11.5 Å². The molecule has 2 N–H and O–H groups in total. The summed E-state index contributed by atoms with van der Waals surface area (Å²) in [5.74, 6) is 0.265. The van der Waals surface area contributed by atoms with Crippen molar-refractivity contribution in [1.29, 1.82) is 0 Å². The molecule has 6 nitrogen and oxygen atoms in total. The number of ether oxygens (including phenoxy) is 1. The van der Waals surface area contributed by atoms with Crippen LogP contribution in [0, 0.1) is 5.82 Å². The summed E-state index contributed by atoms with van der Waals surface area (Å²) < 4.78 is 22.0. The number of rotatable bonds is 4. The third-order valence-electron chi connectivity index (χ3n) is 4.10. The van der Waals surface area contributed by atoms with Gasteiger partial charge >= 0.3 is 0 Å². The van der Waals surface area contributed by atoms with Gasteiger partial charge in [-0.15, -0.1) is 0 Å². The molecule has 0 aliphatic carbocycles. The molecule has 0 radical (unpaired) electrons. The van der Waals surface area contributed by atoms with Gasteiger partial charge in [0.15, 0.2) is 11.6 Å². The first-order valence-corrected chi connectivity index (χ1v) is 7.76. The van der Waals surface area contributed by atoms with E-state index in [1.54, 1.807) is 42.5 Å². The minimum Gasteiger partial charge on any atom is -0.454 e. The van der Waals surface area contributed by atoms with Gasteiger partial charge in [-0.3, -0.25) is 9.78 Å². The zero-order valence-electron chi connectivity index (χ0n) is 13.7. The first-order chi connectivity index (χ1) is 12.2. The first kappa shape index (κ1) is 15.2. The topological polar surface area (TPSA) is 67.8 Å². The maximum Gasteiger partial charge on any atom is 0.167 e. The van der Waals surface area contributed by atoms with Crippen LogP contribution in [-0.4, -0.2) is 27.0 Å². The van der Waals surface area contributed by atoms with Crippen LogP contribution in [-0.2, 0) is 7.05 Å². The lowest BCUT2D eigenvalue weighted by atomic mass is 10.1.